The first kappa shape index (κ1) is 30.4. The van der Waals surface area contributed by atoms with Gasteiger partial charge in [0.05, 0.1) is 23.6 Å². The molecule has 3 rings (SSSR count). The molecule has 0 radical (unpaired) electrons. The van der Waals surface area contributed by atoms with Crippen LogP contribution in [0.3, 0.4) is 0 Å². The summed E-state index contributed by atoms with van der Waals surface area (Å²) in [7, 11) is 3.01. The van der Waals surface area contributed by atoms with Crippen molar-refractivity contribution in [1.29, 1.82) is 0 Å². The van der Waals surface area contributed by atoms with Gasteiger partial charge >= 0.3 is 0 Å². The number of aliphatic hydroxyl groups excluding tert-OH is 2. The lowest BCUT2D eigenvalue weighted by atomic mass is 9.91. The van der Waals surface area contributed by atoms with Gasteiger partial charge in [0.2, 0.25) is 0 Å². The number of nitrogens with one attached hydrogen (secondary N) is 1. The number of hydrogen-bond donors (Lipinski definition) is 5. The van der Waals surface area contributed by atoms with Gasteiger partial charge in [-0.15, -0.1) is 0 Å². The van der Waals surface area contributed by atoms with Gasteiger partial charge in [-0.25, -0.2) is 0 Å². The number of aromatic hydroxyl groups is 2. The molecule has 1 aromatic rings. The molecule has 2 bridgehead atoms. The Morgan fingerprint density at radius 3 is 2.36 bits per heavy atom. The maximum atomic E-state index is 12.9. The molecular formula is C30H42N2O7. The summed E-state index contributed by atoms with van der Waals surface area (Å²) in [6, 6.07) is 1.36. The number of phenolic OH excluding ortho intramolecular Hbond substituents is 2. The lowest BCUT2D eigenvalue weighted by molar-refractivity contribution is -0.112. The maximum Gasteiger partial charge on any atom is 0.251 e. The number of carbonyl (C=O) groups excluding carboxylic acids is 1. The number of aliphatic hydroxyl groups is 2. The van der Waals surface area contributed by atoms with Gasteiger partial charge < -0.3 is 40.1 Å². The van der Waals surface area contributed by atoms with Crippen molar-refractivity contribution < 1.29 is 34.7 Å². The molecule has 1 fully saturated rings. The third-order valence-corrected chi connectivity index (χ3v) is 7.43. The van der Waals surface area contributed by atoms with Gasteiger partial charge in [0.1, 0.15) is 23.7 Å². The Bertz CT molecular complexity index is 1170. The summed E-state index contributed by atoms with van der Waals surface area (Å²) in [5.74, 6) is -1.02. The summed E-state index contributed by atoms with van der Waals surface area (Å²) in [6.45, 7) is 8.59. The van der Waals surface area contributed by atoms with E-state index in [4.69, 9.17) is 9.47 Å². The standard InChI is InChI=1S/C30H42N2O7/c1-17-13-21-26(32-11-8-12-32)23(33)16-22(29(21)36)31-30(37)18(2)9-7-10-24(38-5)27(34)19(3)15-20(4)28(35)25(14-17)39-6/h7,9-10,13,15-16,20,24-25,27-28,33-36H,8,11-12,14H2,1-6H3,(H,31,37)/t20-,24-,25-,27-,28+/m0/s1. The summed E-state index contributed by atoms with van der Waals surface area (Å²) in [5, 5.41) is 46.9. The number of methoxy groups -OCH3 is 2. The minimum Gasteiger partial charge on any atom is -0.506 e. The molecule has 1 amide bonds. The number of fused-ring (bicyclic) bond motifs is 2. The van der Waals surface area contributed by atoms with Crippen LogP contribution in [-0.2, 0) is 14.3 Å². The van der Waals surface area contributed by atoms with Crippen LogP contribution >= 0.6 is 0 Å². The Balaban J connectivity index is 2.14. The molecule has 2 aliphatic rings. The second-order valence-electron chi connectivity index (χ2n) is 10.5. The number of hydrogen-bond acceptors (Lipinski definition) is 8. The van der Waals surface area contributed by atoms with Crippen LogP contribution in [0, 0.1) is 5.92 Å². The Labute approximate surface area is 230 Å². The van der Waals surface area contributed by atoms with Gasteiger partial charge in [0.15, 0.2) is 0 Å². The maximum absolute atomic E-state index is 12.9. The van der Waals surface area contributed by atoms with E-state index in [1.165, 1.54) is 20.3 Å². The van der Waals surface area contributed by atoms with E-state index < -0.39 is 30.3 Å². The Hall–Kier alpha value is -3.11. The number of phenols is 2. The SMILES string of the molecule is CO[C@H]1C=CC=C(C)C(=O)Nc2cc(O)c(N3CCC3)c(c2O)C=C(C)C[C@H](OC)[C@H](O)[C@@H](C)C=C(C)[C@@H]1O. The highest BCUT2D eigenvalue weighted by Crippen LogP contribution is 2.45. The predicted octanol–water partition coefficient (Wildman–Crippen LogP) is 3.89. The van der Waals surface area contributed by atoms with E-state index in [1.54, 1.807) is 44.2 Å². The van der Waals surface area contributed by atoms with Gasteiger partial charge in [-0.05, 0) is 45.3 Å². The van der Waals surface area contributed by atoms with E-state index >= 15 is 0 Å². The van der Waals surface area contributed by atoms with Crippen molar-refractivity contribution in [2.24, 2.45) is 5.92 Å². The molecule has 5 atom stereocenters. The molecule has 39 heavy (non-hydrogen) atoms. The normalized spacial score (nSPS) is 27.3. The van der Waals surface area contributed by atoms with Crippen LogP contribution in [0.1, 0.15) is 46.1 Å². The predicted molar refractivity (Wildman–Crippen MR) is 153 cm³/mol. The average molecular weight is 543 g/mol. The van der Waals surface area contributed by atoms with Crippen molar-refractivity contribution in [2.75, 3.05) is 37.5 Å². The van der Waals surface area contributed by atoms with Gasteiger partial charge in [-0.2, -0.15) is 0 Å². The van der Waals surface area contributed by atoms with E-state index in [0.717, 1.165) is 25.1 Å². The molecule has 214 valence electrons. The molecule has 0 unspecified atom stereocenters. The summed E-state index contributed by atoms with van der Waals surface area (Å²) in [5.41, 5.74) is 2.75. The van der Waals surface area contributed by atoms with Crippen molar-refractivity contribution in [2.45, 2.75) is 65.0 Å². The zero-order chi connectivity index (χ0) is 28.9. The van der Waals surface area contributed by atoms with Crippen LogP contribution in [0.15, 0.2) is 47.1 Å². The molecule has 9 heteroatoms. The first-order chi connectivity index (χ1) is 18.5. The summed E-state index contributed by atoms with van der Waals surface area (Å²) in [6.07, 6.45) is 6.62. The second kappa shape index (κ2) is 13.3. The van der Waals surface area contributed by atoms with Crippen molar-refractivity contribution >= 4 is 23.4 Å². The lowest BCUT2D eigenvalue weighted by Gasteiger charge is -2.35. The van der Waals surface area contributed by atoms with Crippen LogP contribution in [0.2, 0.25) is 0 Å². The minimum atomic E-state index is -0.963. The topological polar surface area (TPSA) is 132 Å². The van der Waals surface area contributed by atoms with Crippen LogP contribution in [0.25, 0.3) is 6.08 Å². The van der Waals surface area contributed by atoms with Crippen molar-refractivity contribution in [1.82, 2.24) is 0 Å². The zero-order valence-corrected chi connectivity index (χ0v) is 23.6. The number of rotatable bonds is 3. The number of amides is 1. The summed E-state index contributed by atoms with van der Waals surface area (Å²) < 4.78 is 11.1. The number of carbonyl (C=O) groups is 1. The molecule has 1 saturated heterocycles. The fourth-order valence-corrected chi connectivity index (χ4v) is 4.87. The van der Waals surface area contributed by atoms with Crippen molar-refractivity contribution in [3.63, 3.8) is 0 Å². The van der Waals surface area contributed by atoms with Crippen molar-refractivity contribution in [3.8, 4) is 11.5 Å². The third kappa shape index (κ3) is 7.10. The van der Waals surface area contributed by atoms with Crippen LogP contribution < -0.4 is 10.2 Å². The van der Waals surface area contributed by atoms with Crippen LogP contribution in [0.5, 0.6) is 11.5 Å². The minimum absolute atomic E-state index is 0.0521. The molecule has 0 saturated carbocycles. The molecule has 1 aromatic carbocycles. The summed E-state index contributed by atoms with van der Waals surface area (Å²) in [4.78, 5) is 14.9. The van der Waals surface area contributed by atoms with E-state index in [9.17, 15) is 25.2 Å². The molecule has 0 aromatic heterocycles. The highest BCUT2D eigenvalue weighted by Gasteiger charge is 2.28. The van der Waals surface area contributed by atoms with Gasteiger partial charge in [0.25, 0.3) is 5.91 Å². The highest BCUT2D eigenvalue weighted by molar-refractivity contribution is 6.05. The smallest absolute Gasteiger partial charge is 0.251 e. The van der Waals surface area contributed by atoms with Crippen LogP contribution in [-0.4, -0.2) is 78.1 Å². The van der Waals surface area contributed by atoms with Crippen LogP contribution in [0.4, 0.5) is 11.4 Å². The second-order valence-corrected chi connectivity index (χ2v) is 10.5. The van der Waals surface area contributed by atoms with Gasteiger partial charge in [-0.1, -0.05) is 36.8 Å². The molecule has 9 nitrogen and oxygen atoms in total. The first-order valence-electron chi connectivity index (χ1n) is 13.3. The van der Waals surface area contributed by atoms with Gasteiger partial charge in [-0.3, -0.25) is 4.79 Å². The van der Waals surface area contributed by atoms with Gasteiger partial charge in [0, 0.05) is 50.4 Å². The molecule has 5 N–H and O–H groups in total. The quantitative estimate of drug-likeness (QED) is 0.221. The lowest BCUT2D eigenvalue weighted by Crippen LogP contribution is -2.37. The zero-order valence-electron chi connectivity index (χ0n) is 23.6. The number of allylic oxidation sites excluding steroid dienone is 2. The fraction of sp³-hybridized carbons (Fsp3) is 0.500. The Morgan fingerprint density at radius 1 is 1.08 bits per heavy atom. The molecule has 0 spiro atoms. The monoisotopic (exact) mass is 542 g/mol. The Morgan fingerprint density at radius 2 is 1.77 bits per heavy atom. The van der Waals surface area contributed by atoms with E-state index in [-0.39, 0.29) is 23.1 Å². The molecular weight excluding hydrogens is 500 g/mol. The Kier molecular flexibility index (Phi) is 10.4. The van der Waals surface area contributed by atoms with Crippen molar-refractivity contribution in [3.05, 3.63) is 52.7 Å². The van der Waals surface area contributed by atoms with E-state index in [0.29, 0.717) is 28.8 Å². The van der Waals surface area contributed by atoms with E-state index in [1.807, 2.05) is 18.7 Å². The fourth-order valence-electron chi connectivity index (χ4n) is 4.87. The highest BCUT2D eigenvalue weighted by atomic mass is 16.5. The first-order valence-corrected chi connectivity index (χ1v) is 13.3. The summed E-state index contributed by atoms with van der Waals surface area (Å²) >= 11 is 0. The third-order valence-electron chi connectivity index (χ3n) is 7.43. The number of benzene rings is 1. The van der Waals surface area contributed by atoms with E-state index in [2.05, 4.69) is 5.32 Å². The molecule has 2 heterocycles. The number of ether oxygens (including phenoxy) is 2. The largest absolute Gasteiger partial charge is 0.506 e. The average Bonchev–Trinajstić information content (AvgIpc) is 2.87. The number of anilines is 2. The molecule has 0 aliphatic carbocycles. The number of nitrogens with zero attached hydrogens (tertiary/aromatic N) is 1. The molecule has 2 aliphatic heterocycles.